The second-order valence-corrected chi connectivity index (χ2v) is 6.27. The van der Waals surface area contributed by atoms with Crippen LogP contribution in [0.15, 0.2) is 79.4 Å². The number of hydrogen-bond donors (Lipinski definition) is 0. The van der Waals surface area contributed by atoms with Gasteiger partial charge in [0.1, 0.15) is 5.82 Å². The van der Waals surface area contributed by atoms with E-state index in [0.717, 1.165) is 36.0 Å². The number of benzene rings is 3. The van der Waals surface area contributed by atoms with Crippen LogP contribution in [0.1, 0.15) is 31.9 Å². The van der Waals surface area contributed by atoms with Gasteiger partial charge in [0, 0.05) is 5.56 Å². The quantitative estimate of drug-likeness (QED) is 0.406. The van der Waals surface area contributed by atoms with Gasteiger partial charge in [-0.1, -0.05) is 81.1 Å². The van der Waals surface area contributed by atoms with E-state index in [1.165, 1.54) is 11.1 Å². The summed E-state index contributed by atoms with van der Waals surface area (Å²) in [5.74, 6) is -0.184. The van der Waals surface area contributed by atoms with E-state index in [0.29, 0.717) is 5.56 Å². The predicted octanol–water partition coefficient (Wildman–Crippen LogP) is 7.48. The van der Waals surface area contributed by atoms with Crippen molar-refractivity contribution in [3.05, 3.63) is 96.3 Å². The minimum Gasteiger partial charge on any atom is -0.206 e. The molecular formula is C25H27F. The Labute approximate surface area is 157 Å². The summed E-state index contributed by atoms with van der Waals surface area (Å²) in [5, 5.41) is 0. The third-order valence-electron chi connectivity index (χ3n) is 4.57. The molecule has 1 heteroatoms. The molecule has 0 fully saturated rings. The summed E-state index contributed by atoms with van der Waals surface area (Å²) >= 11 is 0. The molecule has 0 atom stereocenters. The van der Waals surface area contributed by atoms with Crippen molar-refractivity contribution in [1.29, 1.82) is 0 Å². The molecule has 0 saturated heterocycles. The molecule has 0 amide bonds. The van der Waals surface area contributed by atoms with Crippen LogP contribution in [0.2, 0.25) is 0 Å². The average Bonchev–Trinajstić information content (AvgIpc) is 2.67. The monoisotopic (exact) mass is 346 g/mol. The van der Waals surface area contributed by atoms with Gasteiger partial charge in [-0.25, -0.2) is 4.39 Å². The summed E-state index contributed by atoms with van der Waals surface area (Å²) in [7, 11) is 0. The van der Waals surface area contributed by atoms with E-state index >= 15 is 0 Å². The summed E-state index contributed by atoms with van der Waals surface area (Å²) < 4.78 is 14.7. The summed E-state index contributed by atoms with van der Waals surface area (Å²) in [6, 6.07) is 21.9. The summed E-state index contributed by atoms with van der Waals surface area (Å²) in [4.78, 5) is 0. The topological polar surface area (TPSA) is 0 Å². The first kappa shape index (κ1) is 19.7. The van der Waals surface area contributed by atoms with Crippen molar-refractivity contribution in [2.75, 3.05) is 0 Å². The molecule has 3 rings (SSSR count). The Morgan fingerprint density at radius 2 is 1.38 bits per heavy atom. The highest BCUT2D eigenvalue weighted by Crippen LogP contribution is 2.28. The van der Waals surface area contributed by atoms with Gasteiger partial charge in [0.25, 0.3) is 0 Å². The summed E-state index contributed by atoms with van der Waals surface area (Å²) in [5.41, 5.74) is 6.04. The molecule has 0 unspecified atom stereocenters. The Balaban J connectivity index is 0.00000243. The van der Waals surface area contributed by atoms with Crippen LogP contribution in [-0.4, -0.2) is 0 Å². The van der Waals surface area contributed by atoms with Crippen LogP contribution in [0.3, 0.4) is 0 Å². The van der Waals surface area contributed by atoms with Crippen molar-refractivity contribution in [2.24, 2.45) is 0 Å². The zero-order valence-electron chi connectivity index (χ0n) is 14.6. The van der Waals surface area contributed by atoms with E-state index in [9.17, 15) is 4.39 Å². The lowest BCUT2D eigenvalue weighted by Crippen LogP contribution is -1.89. The van der Waals surface area contributed by atoms with Crippen LogP contribution < -0.4 is 0 Å². The molecule has 134 valence electrons. The minimum atomic E-state index is -0.184. The molecule has 0 bridgehead atoms. The molecule has 0 aliphatic rings. The fourth-order valence-electron chi connectivity index (χ4n) is 2.98. The maximum atomic E-state index is 14.7. The molecule has 0 heterocycles. The average molecular weight is 346 g/mol. The largest absolute Gasteiger partial charge is 0.206 e. The van der Waals surface area contributed by atoms with Gasteiger partial charge in [0.15, 0.2) is 0 Å². The van der Waals surface area contributed by atoms with Crippen LogP contribution >= 0.6 is 0 Å². The SMILES string of the molecule is C.C=CCCc1ccc(-c2ccc(-c3ccc(CC)cc3)cc2F)cc1. The predicted molar refractivity (Wildman–Crippen MR) is 112 cm³/mol. The molecule has 0 N–H and O–H groups in total. The number of hydrogen-bond acceptors (Lipinski definition) is 0. The van der Waals surface area contributed by atoms with Crippen molar-refractivity contribution >= 4 is 0 Å². The van der Waals surface area contributed by atoms with Crippen molar-refractivity contribution < 1.29 is 4.39 Å². The fraction of sp³-hybridized carbons (Fsp3) is 0.200. The maximum Gasteiger partial charge on any atom is 0.131 e. The lowest BCUT2D eigenvalue weighted by molar-refractivity contribution is 0.632. The minimum absolute atomic E-state index is 0. The Kier molecular flexibility index (Phi) is 6.91. The zero-order valence-corrected chi connectivity index (χ0v) is 14.6. The highest BCUT2D eigenvalue weighted by atomic mass is 19.1. The van der Waals surface area contributed by atoms with Gasteiger partial charge in [-0.2, -0.15) is 0 Å². The van der Waals surface area contributed by atoms with Crippen LogP contribution in [0.25, 0.3) is 22.3 Å². The molecular weight excluding hydrogens is 319 g/mol. The van der Waals surface area contributed by atoms with E-state index in [-0.39, 0.29) is 13.2 Å². The van der Waals surface area contributed by atoms with E-state index in [1.807, 2.05) is 30.3 Å². The maximum absolute atomic E-state index is 14.7. The van der Waals surface area contributed by atoms with Gasteiger partial charge >= 0.3 is 0 Å². The molecule has 0 aliphatic heterocycles. The first-order valence-corrected chi connectivity index (χ1v) is 8.80. The smallest absolute Gasteiger partial charge is 0.131 e. The molecule has 0 radical (unpaired) electrons. The lowest BCUT2D eigenvalue weighted by atomic mass is 9.97. The fourth-order valence-corrected chi connectivity index (χ4v) is 2.98. The van der Waals surface area contributed by atoms with Crippen LogP contribution in [0.5, 0.6) is 0 Å². The van der Waals surface area contributed by atoms with Gasteiger partial charge in [-0.3, -0.25) is 0 Å². The molecule has 0 saturated carbocycles. The standard InChI is InChI=1S/C24H23F.CH4/c1-3-5-6-19-9-13-21(14-10-19)23-16-15-22(17-24(23)25)20-11-7-18(4-2)8-12-20;/h3,7-17H,1,4-6H2,2H3;1H4. The van der Waals surface area contributed by atoms with Gasteiger partial charge in [0.05, 0.1) is 0 Å². The van der Waals surface area contributed by atoms with Crippen LogP contribution in [-0.2, 0) is 12.8 Å². The first-order chi connectivity index (χ1) is 12.2. The van der Waals surface area contributed by atoms with E-state index in [4.69, 9.17) is 0 Å². The van der Waals surface area contributed by atoms with Gasteiger partial charge < -0.3 is 0 Å². The second-order valence-electron chi connectivity index (χ2n) is 6.27. The zero-order chi connectivity index (χ0) is 17.6. The van der Waals surface area contributed by atoms with Crippen LogP contribution in [0, 0.1) is 5.82 Å². The number of rotatable bonds is 6. The normalized spacial score (nSPS) is 10.2. The molecule has 26 heavy (non-hydrogen) atoms. The Bertz CT molecular complexity index is 842. The van der Waals surface area contributed by atoms with E-state index in [1.54, 1.807) is 6.07 Å². The Hall–Kier alpha value is -2.67. The molecule has 0 aliphatic carbocycles. The molecule has 0 aromatic heterocycles. The molecule has 3 aromatic rings. The highest BCUT2D eigenvalue weighted by Gasteiger charge is 2.08. The second kappa shape index (κ2) is 9.15. The first-order valence-electron chi connectivity index (χ1n) is 8.80. The van der Waals surface area contributed by atoms with E-state index in [2.05, 4.69) is 49.9 Å². The Morgan fingerprint density at radius 3 is 1.96 bits per heavy atom. The van der Waals surface area contributed by atoms with Gasteiger partial charge in [-0.05, 0) is 53.1 Å². The highest BCUT2D eigenvalue weighted by molar-refractivity contribution is 5.71. The number of halogens is 1. The number of allylic oxidation sites excluding steroid dienone is 1. The third-order valence-corrected chi connectivity index (χ3v) is 4.57. The molecule has 3 aromatic carbocycles. The summed E-state index contributed by atoms with van der Waals surface area (Å²) in [6.07, 6.45) is 4.86. The number of aryl methyl sites for hydroxylation is 2. The molecule has 0 spiro atoms. The van der Waals surface area contributed by atoms with E-state index < -0.39 is 0 Å². The van der Waals surface area contributed by atoms with Crippen molar-refractivity contribution in [3.8, 4) is 22.3 Å². The van der Waals surface area contributed by atoms with Crippen molar-refractivity contribution in [3.63, 3.8) is 0 Å². The van der Waals surface area contributed by atoms with Crippen molar-refractivity contribution in [2.45, 2.75) is 33.6 Å². The van der Waals surface area contributed by atoms with Crippen LogP contribution in [0.4, 0.5) is 4.39 Å². The Morgan fingerprint density at radius 1 is 0.808 bits per heavy atom. The van der Waals surface area contributed by atoms with Crippen molar-refractivity contribution in [1.82, 2.24) is 0 Å². The van der Waals surface area contributed by atoms with Gasteiger partial charge in [0.2, 0.25) is 0 Å². The lowest BCUT2D eigenvalue weighted by Gasteiger charge is -2.08. The third kappa shape index (κ3) is 4.49. The summed E-state index contributed by atoms with van der Waals surface area (Å²) in [6.45, 7) is 5.88. The van der Waals surface area contributed by atoms with Gasteiger partial charge in [-0.15, -0.1) is 6.58 Å². The molecule has 0 nitrogen and oxygen atoms in total.